The van der Waals surface area contributed by atoms with Gasteiger partial charge in [-0.25, -0.2) is 14.4 Å². The summed E-state index contributed by atoms with van der Waals surface area (Å²) < 4.78 is 35.8. The van der Waals surface area contributed by atoms with Crippen LogP contribution in [0.15, 0.2) is 243 Å². The number of nitrogens with one attached hydrogen (secondary N) is 1. The van der Waals surface area contributed by atoms with Gasteiger partial charge in [-0.3, -0.25) is 9.80 Å². The Balaban J connectivity index is 0.000000121. The number of piperidine rings is 8. The SMILES string of the molecule is CC(C)(C)OC(=O)N(C1[C@@H]2C[C@H]1CN(Cc1ccccc1)C2)[C@@H]1C[C@H]1c1ccccc1.CC(C)(C)OC(=O)OC(=O)OC(C)(C)C.CO.OC(COc1ccccc1)CN1C[C@H]2C[C@@H](C1)C2C[C@@H]1C[C@H]1c1ccccc1.c1ccc(CN2C[C@H]3C[C@@H](C2)C3C[C@@H]2C[C@H]2c2ccccc2)cc1.c1ccc(OCC2CO2)cc1.c1ccc([C@@H]2C[C@H]2CC2[C@@H]3CNC[C@H]2C3)cc1. The van der Waals surface area contributed by atoms with Gasteiger partial charge in [0, 0.05) is 84.0 Å². The van der Waals surface area contributed by atoms with E-state index >= 15 is 0 Å². The topological polar surface area (TPSA) is 185 Å². The van der Waals surface area contributed by atoms with Crippen molar-refractivity contribution in [1.29, 1.82) is 0 Å². The molecule has 1 amide bonds. The normalized spacial score (nSPS) is 29.7. The Hall–Kier alpha value is -8.91. The molecule has 6 unspecified atom stereocenters. The van der Waals surface area contributed by atoms with E-state index in [-0.39, 0.29) is 12.1 Å². The highest BCUT2D eigenvalue weighted by molar-refractivity contribution is 5.77. The number of carbonyl (C=O) groups is 3. The van der Waals surface area contributed by atoms with Crippen LogP contribution in [0.2, 0.25) is 0 Å². The molecule has 8 heterocycles. The van der Waals surface area contributed by atoms with E-state index in [1.54, 1.807) is 58.2 Å². The van der Waals surface area contributed by atoms with Gasteiger partial charge in [0.05, 0.1) is 6.61 Å². The van der Waals surface area contributed by atoms with E-state index in [2.05, 4.69) is 212 Å². The zero-order chi connectivity index (χ0) is 89.5. The Morgan fingerprint density at radius 1 is 0.406 bits per heavy atom. The maximum atomic E-state index is 13.3. The van der Waals surface area contributed by atoms with E-state index in [9.17, 15) is 19.5 Å². The van der Waals surface area contributed by atoms with E-state index in [4.69, 9.17) is 33.5 Å². The Kier molecular flexibility index (Phi) is 31.8. The van der Waals surface area contributed by atoms with Crippen molar-refractivity contribution in [2.24, 2.45) is 82.9 Å². The van der Waals surface area contributed by atoms with Gasteiger partial charge in [-0.1, -0.05) is 218 Å². The minimum absolute atomic E-state index is 0.118. The number of carbonyl (C=O) groups excluding carboxylic acids is 3. The van der Waals surface area contributed by atoms with E-state index in [0.717, 1.165) is 166 Å². The molecule has 8 aliphatic carbocycles. The van der Waals surface area contributed by atoms with Gasteiger partial charge in [-0.15, -0.1) is 0 Å². The fourth-order valence-electron chi connectivity index (χ4n) is 22.5. The third-order valence-corrected chi connectivity index (χ3v) is 28.9. The Morgan fingerprint density at radius 2 is 0.734 bits per heavy atom. The minimum atomic E-state index is -1.06. The second kappa shape index (κ2) is 43.4. The Bertz CT molecular complexity index is 4620. The lowest BCUT2D eigenvalue weighted by Crippen LogP contribution is -2.66. The summed E-state index contributed by atoms with van der Waals surface area (Å²) in [6, 6.07) is 85.9. The second-order valence-corrected chi connectivity index (χ2v) is 42.1. The first-order valence-corrected chi connectivity index (χ1v) is 48.3. The molecule has 686 valence electrons. The van der Waals surface area contributed by atoms with Crippen LogP contribution in [0, 0.1) is 82.9 Å². The minimum Gasteiger partial charge on any atom is -0.491 e. The molecule has 8 bridgehead atoms. The molecule has 17 nitrogen and oxygen atoms in total. The van der Waals surface area contributed by atoms with Crippen LogP contribution in [0.3, 0.4) is 0 Å². The molecule has 22 atom stereocenters. The highest BCUT2D eigenvalue weighted by Crippen LogP contribution is 2.60. The summed E-state index contributed by atoms with van der Waals surface area (Å²) in [7, 11) is 1.00. The summed E-state index contributed by atoms with van der Waals surface area (Å²) in [5, 5.41) is 20.9. The third kappa shape index (κ3) is 27.1. The molecule has 0 radical (unpaired) electrons. The van der Waals surface area contributed by atoms with Crippen LogP contribution in [0.25, 0.3) is 0 Å². The number of benzene rings is 8. The number of hydrogen-bond donors (Lipinski definition) is 3. The lowest BCUT2D eigenvalue weighted by atomic mass is 9.59. The van der Waals surface area contributed by atoms with Gasteiger partial charge in [0.2, 0.25) is 0 Å². The van der Waals surface area contributed by atoms with Crippen LogP contribution < -0.4 is 14.8 Å². The van der Waals surface area contributed by atoms with E-state index in [1.165, 1.54) is 107 Å². The van der Waals surface area contributed by atoms with Crippen molar-refractivity contribution in [3.8, 4) is 11.5 Å². The number of epoxide rings is 1. The standard InChI is InChI=1S/C27H34N2O2.C25H31NO2.C23H27N.C16H21N.C10H18O5.C9H10O2.CH4O/c1-27(2,3)31-26(30)29(24-15-23(24)20-12-8-5-9-13-20)25-21-14-22(25)18-28(17-21)16-19-10-6-4-7-11-19;27-22(17-28-23-9-5-2-6-10-23)16-26-14-20-11-21(15-26)25(20)13-19-12-24(19)18-7-3-1-4-8-18;1-3-7-17(8-4-1)14-24-15-20-11-21(16-24)23(20)13-19-12-22(19)18-9-5-2-6-10-18;1-2-4-11(5-3-1)15-7-12(15)8-16-13-6-14(16)10-17-9-13;1-9(2,3)14-7(11)13-8(12)15-10(4,5)6;1-2-4-8(5-3-1)10-6-9-7-11-9;1-2/h4-13,21-25H,14-18H2,1-3H3;1-10,19-22,24-25,27H,11-17H2;1-10,19-23H,11-16H2;1-5,12-17H,6-10H2;1-6H3;1-5,9H,6-7H2;2H,1H3/t21-,22+,23-,24+,25?;19-,20-,21+,22?,24-,25?;19-,20-,21+,22-,23?;12-,13-,14+,15-,16?;;;/m0000.../s1. The average Bonchev–Trinajstić information content (AvgIpc) is 1.44. The molecule has 8 saturated heterocycles. The summed E-state index contributed by atoms with van der Waals surface area (Å²) in [4.78, 5) is 45.3. The van der Waals surface area contributed by atoms with Crippen molar-refractivity contribution in [2.75, 3.05) is 85.8 Å². The number of hydrogen-bond acceptors (Lipinski definition) is 16. The molecule has 0 aromatic heterocycles. The summed E-state index contributed by atoms with van der Waals surface area (Å²) in [6.45, 7) is 30.4. The second-order valence-electron chi connectivity index (χ2n) is 42.1. The summed E-state index contributed by atoms with van der Waals surface area (Å²) in [5.41, 5.74) is 7.04. The lowest BCUT2D eigenvalue weighted by molar-refractivity contribution is -0.0851. The molecular weight excluding hydrogens is 1600 g/mol. The predicted molar refractivity (Wildman–Crippen MR) is 506 cm³/mol. The van der Waals surface area contributed by atoms with Gasteiger partial charge in [0.15, 0.2) is 0 Å². The first-order chi connectivity index (χ1) is 61.9. The molecule has 3 N–H and O–H groups in total. The number of aliphatic hydroxyl groups is 2. The molecule has 17 heteroatoms. The van der Waals surface area contributed by atoms with Crippen molar-refractivity contribution in [2.45, 2.75) is 211 Å². The molecule has 8 saturated carbocycles. The molecule has 8 aromatic carbocycles. The van der Waals surface area contributed by atoms with Crippen LogP contribution in [-0.4, -0.2) is 175 Å². The van der Waals surface area contributed by atoms with E-state index < -0.39 is 35.2 Å². The maximum Gasteiger partial charge on any atom is 0.519 e. The largest absolute Gasteiger partial charge is 0.519 e. The molecular formula is C111H145N5O12. The smallest absolute Gasteiger partial charge is 0.491 e. The van der Waals surface area contributed by atoms with Gasteiger partial charge < -0.3 is 58.5 Å². The van der Waals surface area contributed by atoms with Crippen LogP contribution >= 0.6 is 0 Å². The van der Waals surface area contributed by atoms with Crippen molar-refractivity contribution < 1.29 is 57.8 Å². The summed E-state index contributed by atoms with van der Waals surface area (Å²) in [6.07, 6.45) is 13.1. The molecule has 8 aliphatic heterocycles. The Morgan fingerprint density at radius 3 is 1.11 bits per heavy atom. The number of para-hydroxylation sites is 2. The van der Waals surface area contributed by atoms with Crippen molar-refractivity contribution in [3.05, 3.63) is 276 Å². The first-order valence-electron chi connectivity index (χ1n) is 48.3. The zero-order valence-electron chi connectivity index (χ0n) is 77.7. The highest BCUT2D eigenvalue weighted by Gasteiger charge is 2.58. The first kappa shape index (κ1) is 93.8. The van der Waals surface area contributed by atoms with E-state index in [0.29, 0.717) is 43.1 Å². The van der Waals surface area contributed by atoms with Crippen molar-refractivity contribution in [1.82, 2.24) is 24.9 Å². The fourth-order valence-corrected chi connectivity index (χ4v) is 22.5. The van der Waals surface area contributed by atoms with Crippen LogP contribution in [-0.2, 0) is 36.8 Å². The van der Waals surface area contributed by atoms with Gasteiger partial charge in [-0.2, -0.15) is 0 Å². The van der Waals surface area contributed by atoms with Gasteiger partial charge in [-0.05, 0) is 304 Å². The van der Waals surface area contributed by atoms with Crippen LogP contribution in [0.5, 0.6) is 11.5 Å². The number of aliphatic hydroxyl groups excluding tert-OH is 2. The fraction of sp³-hybridized carbons (Fsp3) is 0.541. The monoisotopic (exact) mass is 1740 g/mol. The predicted octanol–water partition coefficient (Wildman–Crippen LogP) is 21.4. The molecule has 8 aromatic rings. The molecule has 24 rings (SSSR count). The van der Waals surface area contributed by atoms with Gasteiger partial charge >= 0.3 is 18.4 Å². The average molecular weight is 1740 g/mol. The molecule has 16 aliphatic rings. The number of amides is 1. The summed E-state index contributed by atoms with van der Waals surface area (Å²) >= 11 is 0. The molecule has 128 heavy (non-hydrogen) atoms. The van der Waals surface area contributed by atoms with Gasteiger partial charge in [0.1, 0.15) is 53.7 Å². The number of rotatable bonds is 24. The van der Waals surface area contributed by atoms with Crippen molar-refractivity contribution >= 4 is 18.4 Å². The number of fused-ring (bicyclic) bond motifs is 8. The molecule has 16 fully saturated rings. The van der Waals surface area contributed by atoms with Crippen molar-refractivity contribution in [3.63, 3.8) is 0 Å². The van der Waals surface area contributed by atoms with E-state index in [1.807, 2.05) is 81.4 Å². The molecule has 0 spiro atoms. The maximum absolute atomic E-state index is 13.3. The van der Waals surface area contributed by atoms with Crippen LogP contribution in [0.4, 0.5) is 14.4 Å². The quantitative estimate of drug-likeness (QED) is 0.0224. The summed E-state index contributed by atoms with van der Waals surface area (Å²) in [5.74, 6) is 17.5. The highest BCUT2D eigenvalue weighted by atomic mass is 16.8. The zero-order valence-corrected chi connectivity index (χ0v) is 77.7. The van der Waals surface area contributed by atoms with Gasteiger partial charge in [0.25, 0.3) is 0 Å². The Labute approximate surface area is 763 Å². The lowest BCUT2D eigenvalue weighted by Gasteiger charge is -2.57. The third-order valence-electron chi connectivity index (χ3n) is 28.9. The van der Waals surface area contributed by atoms with Crippen LogP contribution in [0.1, 0.15) is 190 Å². The number of ether oxygens (including phenoxy) is 7. The number of nitrogens with zero attached hydrogens (tertiary/aromatic N) is 4.